The normalized spacial score (nSPS) is 10.6. The second kappa shape index (κ2) is 4.35. The minimum absolute atomic E-state index is 0.0974. The van der Waals surface area contributed by atoms with E-state index in [2.05, 4.69) is 0 Å². The van der Waals surface area contributed by atoms with Crippen LogP contribution in [0.2, 0.25) is 0 Å². The van der Waals surface area contributed by atoms with Gasteiger partial charge in [0.25, 0.3) is 0 Å². The third-order valence-corrected chi connectivity index (χ3v) is 2.17. The number of carbonyl (C=O) groups is 1. The number of hydrogen-bond donors (Lipinski definition) is 2. The first-order valence-electron chi connectivity index (χ1n) is 4.46. The first-order valence-corrected chi connectivity index (χ1v) is 4.46. The molecule has 3 nitrogen and oxygen atoms in total. The Balaban J connectivity index is 3.18. The summed E-state index contributed by atoms with van der Waals surface area (Å²) in [6.45, 7) is 3.76. The topological polar surface area (TPSA) is 57.5 Å². The SMILES string of the molecule is Cc1cc(C)c(CC(O)O)c(C=O)c1. The van der Waals surface area contributed by atoms with Gasteiger partial charge in [-0.15, -0.1) is 0 Å². The summed E-state index contributed by atoms with van der Waals surface area (Å²) in [4.78, 5) is 10.7. The third-order valence-electron chi connectivity index (χ3n) is 2.17. The van der Waals surface area contributed by atoms with Crippen molar-refractivity contribution in [2.45, 2.75) is 26.6 Å². The monoisotopic (exact) mass is 194 g/mol. The van der Waals surface area contributed by atoms with E-state index in [0.29, 0.717) is 11.1 Å². The Morgan fingerprint density at radius 3 is 2.50 bits per heavy atom. The van der Waals surface area contributed by atoms with Crippen molar-refractivity contribution >= 4 is 6.29 Å². The zero-order chi connectivity index (χ0) is 10.7. The zero-order valence-corrected chi connectivity index (χ0v) is 8.32. The molecule has 1 rings (SSSR count). The molecule has 0 atom stereocenters. The van der Waals surface area contributed by atoms with Gasteiger partial charge in [-0.2, -0.15) is 0 Å². The van der Waals surface area contributed by atoms with Gasteiger partial charge in [0.2, 0.25) is 0 Å². The number of aliphatic hydroxyl groups is 2. The molecule has 0 aromatic heterocycles. The standard InChI is InChI=1S/C11H14O3/c1-7-3-8(2)10(5-11(13)14)9(4-7)6-12/h3-4,6,11,13-14H,5H2,1-2H3. The minimum atomic E-state index is -1.41. The van der Waals surface area contributed by atoms with Gasteiger partial charge in [0.05, 0.1) is 0 Å². The molecule has 1 aromatic rings. The molecule has 0 aliphatic rings. The van der Waals surface area contributed by atoms with Crippen LogP contribution in [-0.2, 0) is 6.42 Å². The fourth-order valence-electron chi connectivity index (χ4n) is 1.60. The maximum absolute atomic E-state index is 10.7. The Kier molecular flexibility index (Phi) is 3.38. The van der Waals surface area contributed by atoms with Crippen molar-refractivity contribution < 1.29 is 15.0 Å². The van der Waals surface area contributed by atoms with Gasteiger partial charge in [-0.25, -0.2) is 0 Å². The summed E-state index contributed by atoms with van der Waals surface area (Å²) in [5.41, 5.74) is 3.16. The predicted molar refractivity (Wildman–Crippen MR) is 53.2 cm³/mol. The number of aldehydes is 1. The summed E-state index contributed by atoms with van der Waals surface area (Å²) in [6, 6.07) is 3.67. The number of aryl methyl sites for hydroxylation is 2. The van der Waals surface area contributed by atoms with Crippen molar-refractivity contribution in [3.63, 3.8) is 0 Å². The lowest BCUT2D eigenvalue weighted by Crippen LogP contribution is -2.11. The molecule has 0 unspecified atom stereocenters. The Morgan fingerprint density at radius 2 is 2.00 bits per heavy atom. The highest BCUT2D eigenvalue weighted by atomic mass is 16.5. The summed E-state index contributed by atoms with van der Waals surface area (Å²) in [5.74, 6) is 0. The molecule has 0 saturated carbocycles. The maximum Gasteiger partial charge on any atom is 0.155 e. The lowest BCUT2D eigenvalue weighted by Gasteiger charge is -2.11. The summed E-state index contributed by atoms with van der Waals surface area (Å²) < 4.78 is 0. The Labute approximate surface area is 83.0 Å². The Hall–Kier alpha value is -1.19. The van der Waals surface area contributed by atoms with Gasteiger partial charge in [0.15, 0.2) is 6.29 Å². The highest BCUT2D eigenvalue weighted by Gasteiger charge is 2.09. The van der Waals surface area contributed by atoms with E-state index in [9.17, 15) is 4.79 Å². The van der Waals surface area contributed by atoms with E-state index in [0.717, 1.165) is 17.4 Å². The molecule has 0 spiro atoms. The van der Waals surface area contributed by atoms with Crippen LogP contribution in [0.5, 0.6) is 0 Å². The summed E-state index contributed by atoms with van der Waals surface area (Å²) >= 11 is 0. The highest BCUT2D eigenvalue weighted by Crippen LogP contribution is 2.17. The first kappa shape index (κ1) is 10.9. The van der Waals surface area contributed by atoms with Gasteiger partial charge in [0, 0.05) is 12.0 Å². The lowest BCUT2D eigenvalue weighted by atomic mass is 9.97. The summed E-state index contributed by atoms with van der Waals surface area (Å²) in [6.07, 6.45) is -0.562. The molecule has 14 heavy (non-hydrogen) atoms. The lowest BCUT2D eigenvalue weighted by molar-refractivity contribution is -0.0383. The highest BCUT2D eigenvalue weighted by molar-refractivity contribution is 5.78. The quantitative estimate of drug-likeness (QED) is 0.557. The van der Waals surface area contributed by atoms with Crippen LogP contribution in [0.25, 0.3) is 0 Å². The summed E-state index contributed by atoms with van der Waals surface area (Å²) in [7, 11) is 0. The van der Waals surface area contributed by atoms with Gasteiger partial charge >= 0.3 is 0 Å². The van der Waals surface area contributed by atoms with Crippen molar-refractivity contribution in [3.05, 3.63) is 34.4 Å². The molecular formula is C11H14O3. The predicted octanol–water partition coefficient (Wildman–Crippen LogP) is 0.969. The molecule has 0 saturated heterocycles. The Bertz CT molecular complexity index is 343. The van der Waals surface area contributed by atoms with Crippen molar-refractivity contribution in [3.8, 4) is 0 Å². The number of rotatable bonds is 3. The number of carbonyl (C=O) groups excluding carboxylic acids is 1. The van der Waals surface area contributed by atoms with Crippen LogP contribution in [0.15, 0.2) is 12.1 Å². The maximum atomic E-state index is 10.7. The van der Waals surface area contributed by atoms with Crippen molar-refractivity contribution in [1.82, 2.24) is 0 Å². The number of aliphatic hydroxyl groups excluding tert-OH is 1. The molecule has 0 radical (unpaired) electrons. The van der Waals surface area contributed by atoms with Gasteiger partial charge in [-0.05, 0) is 31.0 Å². The number of hydrogen-bond acceptors (Lipinski definition) is 3. The minimum Gasteiger partial charge on any atom is -0.368 e. The van der Waals surface area contributed by atoms with Crippen LogP contribution in [0.3, 0.4) is 0 Å². The average Bonchev–Trinajstić information content (AvgIpc) is 2.08. The second-order valence-electron chi connectivity index (χ2n) is 3.45. The van der Waals surface area contributed by atoms with E-state index in [1.54, 1.807) is 6.07 Å². The van der Waals surface area contributed by atoms with Crippen molar-refractivity contribution in [2.75, 3.05) is 0 Å². The molecule has 3 heteroatoms. The van der Waals surface area contributed by atoms with Crippen LogP contribution in [0.1, 0.15) is 27.0 Å². The fraction of sp³-hybridized carbons (Fsp3) is 0.364. The van der Waals surface area contributed by atoms with Crippen LogP contribution >= 0.6 is 0 Å². The molecule has 0 bridgehead atoms. The van der Waals surface area contributed by atoms with Crippen molar-refractivity contribution in [1.29, 1.82) is 0 Å². The fourth-order valence-corrected chi connectivity index (χ4v) is 1.60. The zero-order valence-electron chi connectivity index (χ0n) is 8.32. The first-order chi connectivity index (χ1) is 6.54. The molecule has 0 heterocycles. The van der Waals surface area contributed by atoms with Crippen LogP contribution < -0.4 is 0 Å². The summed E-state index contributed by atoms with van der Waals surface area (Å²) in [5, 5.41) is 17.7. The molecule has 0 amide bonds. The van der Waals surface area contributed by atoms with Crippen LogP contribution in [0, 0.1) is 13.8 Å². The average molecular weight is 194 g/mol. The molecule has 2 N–H and O–H groups in total. The molecular weight excluding hydrogens is 180 g/mol. The van der Waals surface area contributed by atoms with E-state index < -0.39 is 6.29 Å². The van der Waals surface area contributed by atoms with Gasteiger partial charge in [-0.3, -0.25) is 4.79 Å². The Morgan fingerprint density at radius 1 is 1.36 bits per heavy atom. The third kappa shape index (κ3) is 2.40. The molecule has 0 aliphatic heterocycles. The van der Waals surface area contributed by atoms with Gasteiger partial charge in [-0.1, -0.05) is 11.6 Å². The van der Waals surface area contributed by atoms with E-state index in [1.165, 1.54) is 0 Å². The van der Waals surface area contributed by atoms with Crippen LogP contribution in [0.4, 0.5) is 0 Å². The van der Waals surface area contributed by atoms with Crippen LogP contribution in [-0.4, -0.2) is 22.8 Å². The van der Waals surface area contributed by atoms with Gasteiger partial charge < -0.3 is 10.2 Å². The number of benzene rings is 1. The van der Waals surface area contributed by atoms with Gasteiger partial charge in [0.1, 0.15) is 6.29 Å². The van der Waals surface area contributed by atoms with E-state index in [4.69, 9.17) is 10.2 Å². The molecule has 1 aromatic carbocycles. The largest absolute Gasteiger partial charge is 0.368 e. The smallest absolute Gasteiger partial charge is 0.155 e. The van der Waals surface area contributed by atoms with Crippen molar-refractivity contribution in [2.24, 2.45) is 0 Å². The van der Waals surface area contributed by atoms with E-state index in [1.807, 2.05) is 19.9 Å². The molecule has 76 valence electrons. The molecule has 0 fully saturated rings. The molecule has 0 aliphatic carbocycles. The second-order valence-corrected chi connectivity index (χ2v) is 3.45. The van der Waals surface area contributed by atoms with E-state index >= 15 is 0 Å². The van der Waals surface area contributed by atoms with E-state index in [-0.39, 0.29) is 6.42 Å².